The average molecular weight is 285 g/mol. The molecule has 2 aromatic rings. The Bertz CT molecular complexity index is 611. The maximum atomic E-state index is 6.05. The van der Waals surface area contributed by atoms with Gasteiger partial charge in [-0.25, -0.2) is 9.97 Å². The van der Waals surface area contributed by atoms with Crippen LogP contribution in [0, 0.1) is 6.92 Å². The van der Waals surface area contributed by atoms with Crippen LogP contribution in [0.1, 0.15) is 38.1 Å². The first-order valence-corrected chi connectivity index (χ1v) is 7.52. The molecule has 0 saturated carbocycles. The van der Waals surface area contributed by atoms with Crippen molar-refractivity contribution in [2.24, 2.45) is 0 Å². The van der Waals surface area contributed by atoms with Crippen LogP contribution in [0.25, 0.3) is 11.3 Å². The highest BCUT2D eigenvalue weighted by Gasteiger charge is 2.14. The number of anilines is 1. The average Bonchev–Trinajstić information content (AvgIpc) is 2.49. The van der Waals surface area contributed by atoms with Crippen LogP contribution in [0.3, 0.4) is 0 Å². The summed E-state index contributed by atoms with van der Waals surface area (Å²) in [6, 6.07) is 7.96. The highest BCUT2D eigenvalue weighted by Crippen LogP contribution is 2.32. The van der Waals surface area contributed by atoms with Crippen LogP contribution in [0.4, 0.5) is 5.82 Å². The summed E-state index contributed by atoms with van der Waals surface area (Å²) in [6.45, 7) is 6.85. The number of para-hydroxylation sites is 1. The Kier molecular flexibility index (Phi) is 5.14. The molecule has 0 bridgehead atoms. The first-order valence-electron chi connectivity index (χ1n) is 7.52. The SMILES string of the molecule is CCCOc1ccccc1-c1nc(CCC)nc(N)c1C. The number of ether oxygens (including phenoxy) is 1. The molecule has 0 saturated heterocycles. The third kappa shape index (κ3) is 3.51. The molecule has 4 heteroatoms. The lowest BCUT2D eigenvalue weighted by Gasteiger charge is -2.14. The summed E-state index contributed by atoms with van der Waals surface area (Å²) >= 11 is 0. The van der Waals surface area contributed by atoms with Gasteiger partial charge in [0.2, 0.25) is 0 Å². The number of aromatic nitrogens is 2. The number of benzene rings is 1. The molecule has 2 N–H and O–H groups in total. The molecule has 0 aliphatic heterocycles. The predicted octanol–water partition coefficient (Wildman–Crippen LogP) is 3.78. The number of nitrogen functional groups attached to an aromatic ring is 1. The minimum absolute atomic E-state index is 0.550. The summed E-state index contributed by atoms with van der Waals surface area (Å²) in [5.41, 5.74) is 8.81. The van der Waals surface area contributed by atoms with Gasteiger partial charge in [0.1, 0.15) is 17.4 Å². The van der Waals surface area contributed by atoms with Crippen molar-refractivity contribution in [1.29, 1.82) is 0 Å². The van der Waals surface area contributed by atoms with Crippen LogP contribution >= 0.6 is 0 Å². The Balaban J connectivity index is 2.50. The van der Waals surface area contributed by atoms with Crippen LogP contribution in [0.2, 0.25) is 0 Å². The van der Waals surface area contributed by atoms with Gasteiger partial charge in [0.15, 0.2) is 0 Å². The van der Waals surface area contributed by atoms with Crippen LogP contribution in [-0.2, 0) is 6.42 Å². The highest BCUT2D eigenvalue weighted by atomic mass is 16.5. The van der Waals surface area contributed by atoms with E-state index in [1.54, 1.807) is 0 Å². The Morgan fingerprint density at radius 1 is 1.10 bits per heavy atom. The van der Waals surface area contributed by atoms with Gasteiger partial charge in [-0.05, 0) is 31.9 Å². The largest absolute Gasteiger partial charge is 0.493 e. The van der Waals surface area contributed by atoms with E-state index in [0.717, 1.165) is 47.7 Å². The molecule has 0 fully saturated rings. The second-order valence-corrected chi connectivity index (χ2v) is 5.09. The maximum Gasteiger partial charge on any atom is 0.131 e. The van der Waals surface area contributed by atoms with Gasteiger partial charge in [-0.3, -0.25) is 0 Å². The Morgan fingerprint density at radius 3 is 2.57 bits per heavy atom. The normalized spacial score (nSPS) is 10.6. The third-order valence-corrected chi connectivity index (χ3v) is 3.31. The molecule has 21 heavy (non-hydrogen) atoms. The summed E-state index contributed by atoms with van der Waals surface area (Å²) in [4.78, 5) is 9.06. The van der Waals surface area contributed by atoms with E-state index in [4.69, 9.17) is 15.5 Å². The van der Waals surface area contributed by atoms with Crippen molar-refractivity contribution in [3.05, 3.63) is 35.7 Å². The smallest absolute Gasteiger partial charge is 0.131 e. The molecule has 112 valence electrons. The standard InChI is InChI=1S/C17H23N3O/c1-4-8-15-19-16(12(3)17(18)20-15)13-9-6-7-10-14(13)21-11-5-2/h6-7,9-10H,4-5,8,11H2,1-3H3,(H2,18,19,20). The van der Waals surface area contributed by atoms with Gasteiger partial charge in [-0.1, -0.05) is 26.0 Å². The van der Waals surface area contributed by atoms with Gasteiger partial charge in [-0.2, -0.15) is 0 Å². The molecule has 1 heterocycles. The van der Waals surface area contributed by atoms with Crippen LogP contribution < -0.4 is 10.5 Å². The molecular weight excluding hydrogens is 262 g/mol. The Labute approximate surface area is 126 Å². The Morgan fingerprint density at radius 2 is 1.86 bits per heavy atom. The van der Waals surface area contributed by atoms with E-state index in [1.165, 1.54) is 0 Å². The van der Waals surface area contributed by atoms with Gasteiger partial charge in [-0.15, -0.1) is 0 Å². The molecule has 1 aromatic carbocycles. The number of nitrogens with two attached hydrogens (primary N) is 1. The molecule has 2 rings (SSSR count). The predicted molar refractivity (Wildman–Crippen MR) is 86.4 cm³/mol. The number of rotatable bonds is 6. The fourth-order valence-electron chi connectivity index (χ4n) is 2.18. The van der Waals surface area contributed by atoms with Crippen molar-refractivity contribution in [1.82, 2.24) is 9.97 Å². The van der Waals surface area contributed by atoms with Crippen molar-refractivity contribution < 1.29 is 4.74 Å². The molecule has 0 aliphatic carbocycles. The lowest BCUT2D eigenvalue weighted by atomic mass is 10.1. The first-order chi connectivity index (χ1) is 10.2. The van der Waals surface area contributed by atoms with Gasteiger partial charge in [0.25, 0.3) is 0 Å². The summed E-state index contributed by atoms with van der Waals surface area (Å²) in [5.74, 6) is 2.19. The third-order valence-electron chi connectivity index (χ3n) is 3.31. The first kappa shape index (κ1) is 15.3. The van der Waals surface area contributed by atoms with Crippen molar-refractivity contribution in [2.75, 3.05) is 12.3 Å². The van der Waals surface area contributed by atoms with Crippen LogP contribution in [0.5, 0.6) is 5.75 Å². The second-order valence-electron chi connectivity index (χ2n) is 5.09. The van der Waals surface area contributed by atoms with Gasteiger partial charge >= 0.3 is 0 Å². The number of nitrogens with zero attached hydrogens (tertiary/aromatic N) is 2. The zero-order chi connectivity index (χ0) is 15.2. The quantitative estimate of drug-likeness (QED) is 0.877. The zero-order valence-corrected chi connectivity index (χ0v) is 13.0. The molecule has 0 atom stereocenters. The topological polar surface area (TPSA) is 61.0 Å². The zero-order valence-electron chi connectivity index (χ0n) is 13.0. The molecule has 0 unspecified atom stereocenters. The van der Waals surface area contributed by atoms with E-state index in [9.17, 15) is 0 Å². The molecule has 0 spiro atoms. The molecule has 4 nitrogen and oxygen atoms in total. The molecule has 0 aliphatic rings. The fraction of sp³-hybridized carbons (Fsp3) is 0.412. The molecular formula is C17H23N3O. The summed E-state index contributed by atoms with van der Waals surface area (Å²) in [7, 11) is 0. The van der Waals surface area contributed by atoms with E-state index in [-0.39, 0.29) is 0 Å². The maximum absolute atomic E-state index is 6.05. The van der Waals surface area contributed by atoms with Crippen molar-refractivity contribution >= 4 is 5.82 Å². The van der Waals surface area contributed by atoms with Gasteiger partial charge in [0.05, 0.1) is 12.3 Å². The van der Waals surface area contributed by atoms with Gasteiger partial charge in [0, 0.05) is 17.5 Å². The number of aryl methyl sites for hydroxylation is 1. The van der Waals surface area contributed by atoms with Crippen LogP contribution in [0.15, 0.2) is 24.3 Å². The Hall–Kier alpha value is -2.10. The van der Waals surface area contributed by atoms with Crippen molar-refractivity contribution in [3.8, 4) is 17.0 Å². The van der Waals surface area contributed by atoms with E-state index >= 15 is 0 Å². The highest BCUT2D eigenvalue weighted by molar-refractivity contribution is 5.72. The fourth-order valence-corrected chi connectivity index (χ4v) is 2.18. The molecule has 0 radical (unpaired) electrons. The van der Waals surface area contributed by atoms with E-state index in [1.807, 2.05) is 31.2 Å². The second kappa shape index (κ2) is 7.07. The van der Waals surface area contributed by atoms with Crippen LogP contribution in [-0.4, -0.2) is 16.6 Å². The lowest BCUT2D eigenvalue weighted by Crippen LogP contribution is -2.06. The number of hydrogen-bond acceptors (Lipinski definition) is 4. The number of hydrogen-bond donors (Lipinski definition) is 1. The van der Waals surface area contributed by atoms with Gasteiger partial charge < -0.3 is 10.5 Å². The van der Waals surface area contributed by atoms with Crippen molar-refractivity contribution in [3.63, 3.8) is 0 Å². The monoisotopic (exact) mass is 285 g/mol. The van der Waals surface area contributed by atoms with E-state index in [2.05, 4.69) is 18.8 Å². The van der Waals surface area contributed by atoms with E-state index < -0.39 is 0 Å². The molecule has 1 aromatic heterocycles. The summed E-state index contributed by atoms with van der Waals surface area (Å²) in [5, 5.41) is 0. The minimum Gasteiger partial charge on any atom is -0.493 e. The van der Waals surface area contributed by atoms with Crippen molar-refractivity contribution in [2.45, 2.75) is 40.0 Å². The summed E-state index contributed by atoms with van der Waals surface area (Å²) in [6.07, 6.45) is 2.80. The summed E-state index contributed by atoms with van der Waals surface area (Å²) < 4.78 is 5.83. The minimum atomic E-state index is 0.550. The lowest BCUT2D eigenvalue weighted by molar-refractivity contribution is 0.318. The van der Waals surface area contributed by atoms with E-state index in [0.29, 0.717) is 12.4 Å². The molecule has 0 amide bonds.